The highest BCUT2D eigenvalue weighted by Gasteiger charge is 2.46. The number of nitrogens with zero attached hydrogens (tertiary/aromatic N) is 1. The third-order valence-electron chi connectivity index (χ3n) is 13.5. The summed E-state index contributed by atoms with van der Waals surface area (Å²) in [4.78, 5) is 2.52. The number of para-hydroxylation sites is 1. The minimum absolute atomic E-state index is 0.531. The number of thiophene rings is 1. The lowest BCUT2D eigenvalue weighted by atomic mass is 9.67. The second-order valence-corrected chi connectivity index (χ2v) is 17.8. The van der Waals surface area contributed by atoms with E-state index in [4.69, 9.17) is 0 Å². The van der Waals surface area contributed by atoms with E-state index in [1.165, 1.54) is 97.0 Å². The van der Waals surface area contributed by atoms with E-state index in [1.54, 1.807) is 0 Å². The summed E-state index contributed by atoms with van der Waals surface area (Å²) in [6.07, 6.45) is 0. The lowest BCUT2D eigenvalue weighted by Gasteiger charge is -2.35. The van der Waals surface area contributed by atoms with E-state index in [2.05, 4.69) is 241 Å². The van der Waals surface area contributed by atoms with Crippen molar-refractivity contribution in [1.29, 1.82) is 0 Å². The molecular formula is C61H39NS. The van der Waals surface area contributed by atoms with Crippen LogP contribution in [0.5, 0.6) is 0 Å². The Balaban J connectivity index is 1.12. The number of hydrogen-bond donors (Lipinski definition) is 0. The third kappa shape index (κ3) is 5.29. The number of hydrogen-bond acceptors (Lipinski definition) is 2. The highest BCUT2D eigenvalue weighted by Crippen LogP contribution is 2.58. The summed E-state index contributed by atoms with van der Waals surface area (Å²) in [7, 11) is 0. The number of rotatable bonds is 6. The standard InChI is InChI=1S/C61H39NS/c1-3-18-40(19-4-1)61(41-20-5-2-6-21-41)56-31-14-11-26-49(56)50-37-35-43(39-57(50)61)62(42-34-36-48-46-24-8-7-22-44(46)45-23-9-10-25-47(45)55(48)38-42)58-32-15-12-27-51(58)53-29-17-30-54-52-28-13-16-33-59(52)63-60(53)54/h1-39H. The van der Waals surface area contributed by atoms with Crippen LogP contribution in [0.1, 0.15) is 22.3 Å². The summed E-state index contributed by atoms with van der Waals surface area (Å²) < 4.78 is 2.61. The molecule has 0 atom stereocenters. The normalized spacial score (nSPS) is 12.9. The third-order valence-corrected chi connectivity index (χ3v) is 14.7. The molecule has 1 aromatic heterocycles. The second kappa shape index (κ2) is 14.1. The molecule has 0 bridgehead atoms. The van der Waals surface area contributed by atoms with Gasteiger partial charge >= 0.3 is 0 Å². The van der Waals surface area contributed by atoms with Crippen LogP contribution in [-0.2, 0) is 5.41 Å². The van der Waals surface area contributed by atoms with Crippen molar-refractivity contribution in [2.24, 2.45) is 0 Å². The number of anilines is 3. The maximum Gasteiger partial charge on any atom is 0.0714 e. The van der Waals surface area contributed by atoms with Gasteiger partial charge < -0.3 is 4.90 Å². The minimum Gasteiger partial charge on any atom is -0.310 e. The Bertz CT molecular complexity index is 3680. The number of fused-ring (bicyclic) bond motifs is 12. The topological polar surface area (TPSA) is 3.24 Å². The van der Waals surface area contributed by atoms with Gasteiger partial charge in [0.25, 0.3) is 0 Å². The van der Waals surface area contributed by atoms with E-state index in [0.717, 1.165) is 17.1 Å². The van der Waals surface area contributed by atoms with Gasteiger partial charge in [0.1, 0.15) is 0 Å². The van der Waals surface area contributed by atoms with Crippen LogP contribution in [0, 0.1) is 0 Å². The van der Waals surface area contributed by atoms with Crippen LogP contribution in [-0.4, -0.2) is 0 Å². The summed E-state index contributed by atoms with van der Waals surface area (Å²) in [5.41, 5.74) is 12.9. The Hall–Kier alpha value is -7.78. The molecular weight excluding hydrogens is 779 g/mol. The average molecular weight is 818 g/mol. The van der Waals surface area contributed by atoms with Crippen molar-refractivity contribution >= 4 is 80.9 Å². The van der Waals surface area contributed by atoms with Gasteiger partial charge in [-0.2, -0.15) is 0 Å². The minimum atomic E-state index is -0.531. The van der Waals surface area contributed by atoms with Crippen LogP contribution in [0.2, 0.25) is 0 Å². The molecule has 1 nitrogen and oxygen atoms in total. The molecule has 0 aliphatic heterocycles. The highest BCUT2D eigenvalue weighted by atomic mass is 32.1. The summed E-state index contributed by atoms with van der Waals surface area (Å²) >= 11 is 1.89. The second-order valence-electron chi connectivity index (χ2n) is 16.7. The molecule has 0 N–H and O–H groups in total. The Labute approximate surface area is 370 Å². The van der Waals surface area contributed by atoms with Gasteiger partial charge in [0.2, 0.25) is 0 Å². The van der Waals surface area contributed by atoms with E-state index >= 15 is 0 Å². The van der Waals surface area contributed by atoms with Gasteiger partial charge in [0, 0.05) is 42.7 Å². The Morgan fingerprint density at radius 2 is 0.794 bits per heavy atom. The lowest BCUT2D eigenvalue weighted by molar-refractivity contribution is 0.768. The fourth-order valence-corrected chi connectivity index (χ4v) is 12.1. The van der Waals surface area contributed by atoms with Crippen molar-refractivity contribution in [2.45, 2.75) is 5.41 Å². The van der Waals surface area contributed by atoms with E-state index in [0.29, 0.717) is 0 Å². The monoisotopic (exact) mass is 817 g/mol. The van der Waals surface area contributed by atoms with E-state index < -0.39 is 5.41 Å². The van der Waals surface area contributed by atoms with Crippen LogP contribution in [0.15, 0.2) is 237 Å². The summed E-state index contributed by atoms with van der Waals surface area (Å²) in [5, 5.41) is 10.2. The summed E-state index contributed by atoms with van der Waals surface area (Å²) in [6.45, 7) is 0. The van der Waals surface area contributed by atoms with Gasteiger partial charge in [-0.3, -0.25) is 0 Å². The van der Waals surface area contributed by atoms with Gasteiger partial charge in [-0.05, 0) is 102 Å². The van der Waals surface area contributed by atoms with Crippen molar-refractivity contribution in [3.63, 3.8) is 0 Å². The molecule has 0 spiro atoms. The molecule has 2 heteroatoms. The van der Waals surface area contributed by atoms with Gasteiger partial charge in [0.15, 0.2) is 0 Å². The summed E-state index contributed by atoms with van der Waals surface area (Å²) in [5.74, 6) is 0. The zero-order valence-electron chi connectivity index (χ0n) is 34.4. The zero-order valence-corrected chi connectivity index (χ0v) is 35.2. The Kier molecular flexibility index (Phi) is 8.06. The molecule has 0 radical (unpaired) electrons. The van der Waals surface area contributed by atoms with Crippen LogP contribution in [0.3, 0.4) is 0 Å². The quantitative estimate of drug-likeness (QED) is 0.151. The molecule has 0 saturated carbocycles. The van der Waals surface area contributed by atoms with E-state index in [-0.39, 0.29) is 0 Å². The molecule has 294 valence electrons. The van der Waals surface area contributed by atoms with Gasteiger partial charge in [0.05, 0.1) is 11.1 Å². The first-order chi connectivity index (χ1) is 31.3. The molecule has 11 aromatic carbocycles. The molecule has 0 unspecified atom stereocenters. The zero-order chi connectivity index (χ0) is 41.5. The molecule has 1 heterocycles. The maximum absolute atomic E-state index is 2.52. The lowest BCUT2D eigenvalue weighted by Crippen LogP contribution is -2.28. The maximum atomic E-state index is 2.52. The first-order valence-corrected chi connectivity index (χ1v) is 22.6. The SMILES string of the molecule is c1ccc(C2(c3ccccc3)c3ccccc3-c3ccc(N(c4ccc5c6ccccc6c6ccccc6c5c4)c4ccccc4-c4cccc5c4sc4ccccc45)cc32)cc1. The van der Waals surface area contributed by atoms with Crippen LogP contribution >= 0.6 is 11.3 Å². The number of benzene rings is 11. The molecule has 1 aliphatic rings. The molecule has 12 aromatic rings. The predicted molar refractivity (Wildman–Crippen MR) is 269 cm³/mol. The average Bonchev–Trinajstić information content (AvgIpc) is 3.89. The first-order valence-electron chi connectivity index (χ1n) is 21.8. The Morgan fingerprint density at radius 1 is 0.302 bits per heavy atom. The molecule has 0 fully saturated rings. The largest absolute Gasteiger partial charge is 0.310 e. The van der Waals surface area contributed by atoms with Gasteiger partial charge in [-0.15, -0.1) is 11.3 Å². The summed E-state index contributed by atoms with van der Waals surface area (Å²) in [6, 6.07) is 88.0. The Morgan fingerprint density at radius 3 is 1.51 bits per heavy atom. The van der Waals surface area contributed by atoms with E-state index in [1.807, 2.05) is 11.3 Å². The van der Waals surface area contributed by atoms with Gasteiger partial charge in [-0.25, -0.2) is 0 Å². The molecule has 1 aliphatic carbocycles. The first kappa shape index (κ1) is 35.9. The smallest absolute Gasteiger partial charge is 0.0714 e. The van der Waals surface area contributed by atoms with Crippen LogP contribution in [0.4, 0.5) is 17.1 Å². The van der Waals surface area contributed by atoms with Crippen molar-refractivity contribution in [2.75, 3.05) is 4.90 Å². The van der Waals surface area contributed by atoms with Crippen molar-refractivity contribution in [1.82, 2.24) is 0 Å². The predicted octanol–water partition coefficient (Wildman–Crippen LogP) is 17.0. The van der Waals surface area contributed by atoms with Crippen molar-refractivity contribution in [3.05, 3.63) is 259 Å². The van der Waals surface area contributed by atoms with Crippen LogP contribution in [0.25, 0.3) is 74.7 Å². The van der Waals surface area contributed by atoms with Crippen molar-refractivity contribution in [3.8, 4) is 22.3 Å². The fraction of sp³-hybridized carbons (Fsp3) is 0.0164. The molecule has 0 saturated heterocycles. The molecule has 13 rings (SSSR count). The van der Waals surface area contributed by atoms with Crippen molar-refractivity contribution < 1.29 is 0 Å². The van der Waals surface area contributed by atoms with E-state index in [9.17, 15) is 0 Å². The fourth-order valence-electron chi connectivity index (χ4n) is 10.9. The van der Waals surface area contributed by atoms with Gasteiger partial charge in [-0.1, -0.05) is 200 Å². The highest BCUT2D eigenvalue weighted by molar-refractivity contribution is 7.26. The molecule has 63 heavy (non-hydrogen) atoms. The molecule has 0 amide bonds. The van der Waals surface area contributed by atoms with Crippen LogP contribution < -0.4 is 4.90 Å².